The van der Waals surface area contributed by atoms with Crippen LogP contribution in [0.5, 0.6) is 34.5 Å². The minimum Gasteiger partial charge on any atom is -0.507 e. The van der Waals surface area contributed by atoms with E-state index in [-0.39, 0.29) is 52.3 Å². The Labute approximate surface area is 129 Å². The summed E-state index contributed by atoms with van der Waals surface area (Å²) in [6.07, 6.45) is 0. The highest BCUT2D eigenvalue weighted by molar-refractivity contribution is 5.88. The molecular formula is C16H11O7+. The second kappa shape index (κ2) is 4.57. The van der Waals surface area contributed by atoms with Crippen LogP contribution in [-0.4, -0.2) is 27.2 Å². The highest BCUT2D eigenvalue weighted by atomic mass is 16.7. The second-order valence-corrected chi connectivity index (χ2v) is 5.07. The molecule has 23 heavy (non-hydrogen) atoms. The molecule has 0 bridgehead atoms. The van der Waals surface area contributed by atoms with Crippen LogP contribution >= 0.6 is 0 Å². The molecular weight excluding hydrogens is 304 g/mol. The topological polar surface area (TPSA) is 111 Å². The summed E-state index contributed by atoms with van der Waals surface area (Å²) in [6.45, 7) is -0.00502. The average molecular weight is 315 g/mol. The monoisotopic (exact) mass is 315 g/mol. The van der Waals surface area contributed by atoms with Gasteiger partial charge in [-0.2, -0.15) is 0 Å². The summed E-state index contributed by atoms with van der Waals surface area (Å²) in [7, 11) is 0. The van der Waals surface area contributed by atoms with E-state index < -0.39 is 0 Å². The molecule has 0 spiro atoms. The van der Waals surface area contributed by atoms with E-state index in [1.807, 2.05) is 0 Å². The fourth-order valence-electron chi connectivity index (χ4n) is 2.52. The van der Waals surface area contributed by atoms with Crippen LogP contribution in [-0.2, 0) is 0 Å². The van der Waals surface area contributed by atoms with Crippen molar-refractivity contribution in [3.05, 3.63) is 30.3 Å². The Morgan fingerprint density at radius 3 is 2.48 bits per heavy atom. The minimum absolute atomic E-state index is 0.00502. The van der Waals surface area contributed by atoms with E-state index in [1.165, 1.54) is 18.2 Å². The lowest BCUT2D eigenvalue weighted by Gasteiger charge is -2.02. The smallest absolute Gasteiger partial charge is 0.402 e. The van der Waals surface area contributed by atoms with Crippen molar-refractivity contribution >= 4 is 11.0 Å². The lowest BCUT2D eigenvalue weighted by atomic mass is 10.1. The SMILES string of the molecule is Oc1cc(O)c2cc(O)c(-c3cc(O)c4c(c3)OCO4)[o+]c2c1. The third-order valence-electron chi connectivity index (χ3n) is 3.55. The van der Waals surface area contributed by atoms with E-state index >= 15 is 0 Å². The maximum atomic E-state index is 10.2. The Kier molecular flexibility index (Phi) is 2.65. The molecule has 0 saturated heterocycles. The third kappa shape index (κ3) is 2.02. The van der Waals surface area contributed by atoms with E-state index in [4.69, 9.17) is 13.9 Å². The third-order valence-corrected chi connectivity index (χ3v) is 3.55. The molecule has 0 unspecified atom stereocenters. The van der Waals surface area contributed by atoms with E-state index in [1.54, 1.807) is 6.07 Å². The highest BCUT2D eigenvalue weighted by Gasteiger charge is 2.28. The maximum absolute atomic E-state index is 10.2. The van der Waals surface area contributed by atoms with Crippen molar-refractivity contribution in [1.82, 2.24) is 0 Å². The van der Waals surface area contributed by atoms with Crippen molar-refractivity contribution in [3.8, 4) is 45.8 Å². The number of phenolic OH excluding ortho intramolecular Hbond substituents is 3. The van der Waals surface area contributed by atoms with Crippen LogP contribution in [0.4, 0.5) is 0 Å². The van der Waals surface area contributed by atoms with Gasteiger partial charge in [0.15, 0.2) is 11.5 Å². The molecule has 4 rings (SSSR count). The summed E-state index contributed by atoms with van der Waals surface area (Å²) in [6, 6.07) is 6.68. The maximum Gasteiger partial charge on any atom is 0.402 e. The first-order valence-electron chi connectivity index (χ1n) is 6.68. The van der Waals surface area contributed by atoms with Crippen LogP contribution in [0.1, 0.15) is 0 Å². The van der Waals surface area contributed by atoms with Crippen molar-refractivity contribution in [2.75, 3.05) is 6.79 Å². The van der Waals surface area contributed by atoms with Crippen molar-refractivity contribution < 1.29 is 34.3 Å². The Bertz CT molecular complexity index is 949. The molecule has 0 radical (unpaired) electrons. The average Bonchev–Trinajstić information content (AvgIpc) is 2.96. The molecule has 7 nitrogen and oxygen atoms in total. The Hall–Kier alpha value is -3.35. The second-order valence-electron chi connectivity index (χ2n) is 5.07. The van der Waals surface area contributed by atoms with Gasteiger partial charge in [-0.3, -0.25) is 0 Å². The molecule has 3 aromatic rings. The fourth-order valence-corrected chi connectivity index (χ4v) is 2.52. The number of phenols is 3. The van der Waals surface area contributed by atoms with Gasteiger partial charge in [-0.15, -0.1) is 0 Å². The molecule has 4 N–H and O–H groups in total. The van der Waals surface area contributed by atoms with Crippen molar-refractivity contribution in [2.45, 2.75) is 0 Å². The molecule has 0 saturated carbocycles. The predicted molar refractivity (Wildman–Crippen MR) is 78.8 cm³/mol. The Morgan fingerprint density at radius 1 is 0.826 bits per heavy atom. The van der Waals surface area contributed by atoms with Crippen LogP contribution in [0.25, 0.3) is 22.3 Å². The summed E-state index contributed by atoms with van der Waals surface area (Å²) in [4.78, 5) is 0. The largest absolute Gasteiger partial charge is 0.507 e. The first-order chi connectivity index (χ1) is 11.0. The molecule has 1 aromatic heterocycles. The fraction of sp³-hybridized carbons (Fsp3) is 0.0625. The van der Waals surface area contributed by atoms with Gasteiger partial charge < -0.3 is 29.9 Å². The number of hydrogen-bond donors (Lipinski definition) is 4. The molecule has 2 aromatic carbocycles. The molecule has 1 aliphatic rings. The Balaban J connectivity index is 1.96. The van der Waals surface area contributed by atoms with Crippen LogP contribution in [0.3, 0.4) is 0 Å². The quantitative estimate of drug-likeness (QED) is 0.511. The highest BCUT2D eigenvalue weighted by Crippen LogP contribution is 2.46. The normalized spacial score (nSPS) is 12.7. The molecule has 0 atom stereocenters. The number of rotatable bonds is 1. The lowest BCUT2D eigenvalue weighted by molar-refractivity contribution is 0.171. The van der Waals surface area contributed by atoms with Gasteiger partial charge in [-0.05, 0) is 0 Å². The van der Waals surface area contributed by atoms with Crippen molar-refractivity contribution in [3.63, 3.8) is 0 Å². The first kappa shape index (κ1) is 13.3. The van der Waals surface area contributed by atoms with E-state index in [0.29, 0.717) is 11.3 Å². The zero-order valence-corrected chi connectivity index (χ0v) is 11.6. The van der Waals surface area contributed by atoms with Gasteiger partial charge in [0.2, 0.25) is 18.3 Å². The van der Waals surface area contributed by atoms with Crippen LogP contribution in [0, 0.1) is 0 Å². The molecule has 1 aliphatic heterocycles. The lowest BCUT2D eigenvalue weighted by Crippen LogP contribution is -1.93. The van der Waals surface area contributed by atoms with Crippen LogP contribution < -0.4 is 9.47 Å². The molecule has 116 valence electrons. The molecule has 0 aliphatic carbocycles. The van der Waals surface area contributed by atoms with Gasteiger partial charge in [0.05, 0.1) is 11.6 Å². The molecule has 2 heterocycles. The van der Waals surface area contributed by atoms with Crippen LogP contribution in [0.2, 0.25) is 0 Å². The number of fused-ring (bicyclic) bond motifs is 2. The summed E-state index contributed by atoms with van der Waals surface area (Å²) >= 11 is 0. The number of ether oxygens (including phenoxy) is 2. The number of benzene rings is 2. The van der Waals surface area contributed by atoms with Crippen molar-refractivity contribution in [1.29, 1.82) is 0 Å². The van der Waals surface area contributed by atoms with Crippen LogP contribution in [0.15, 0.2) is 34.7 Å². The van der Waals surface area contributed by atoms with Gasteiger partial charge in [0.1, 0.15) is 16.9 Å². The van der Waals surface area contributed by atoms with Gasteiger partial charge in [-0.25, -0.2) is 4.42 Å². The number of aromatic hydroxyl groups is 4. The zero-order valence-electron chi connectivity index (χ0n) is 11.6. The summed E-state index contributed by atoms with van der Waals surface area (Å²) in [5, 5.41) is 39.7. The summed E-state index contributed by atoms with van der Waals surface area (Å²) in [5.74, 6) is -0.183. The summed E-state index contributed by atoms with van der Waals surface area (Å²) < 4.78 is 15.9. The molecule has 0 amide bonds. The summed E-state index contributed by atoms with van der Waals surface area (Å²) in [5.41, 5.74) is 0.529. The van der Waals surface area contributed by atoms with Gasteiger partial charge in [-0.1, -0.05) is 0 Å². The van der Waals surface area contributed by atoms with Gasteiger partial charge >= 0.3 is 11.3 Å². The Morgan fingerprint density at radius 2 is 1.65 bits per heavy atom. The standard InChI is InChI=1S/C16H10O7/c17-8-3-10(18)9-5-12(20)15(23-13(9)4-8)7-1-11(19)16-14(2-7)21-6-22-16/h1-5H,6H2,(H3-,17,18,19,20)/p+1. The van der Waals surface area contributed by atoms with E-state index in [2.05, 4.69) is 0 Å². The van der Waals surface area contributed by atoms with E-state index in [9.17, 15) is 20.4 Å². The molecule has 0 fully saturated rings. The van der Waals surface area contributed by atoms with Crippen molar-refractivity contribution in [2.24, 2.45) is 0 Å². The molecule has 7 heteroatoms. The van der Waals surface area contributed by atoms with Gasteiger partial charge in [0.25, 0.3) is 0 Å². The van der Waals surface area contributed by atoms with E-state index in [0.717, 1.165) is 6.07 Å². The minimum atomic E-state index is -0.239. The predicted octanol–water partition coefficient (Wildman–Crippen LogP) is 2.93. The zero-order chi connectivity index (χ0) is 16.1. The first-order valence-corrected chi connectivity index (χ1v) is 6.68. The number of hydrogen-bond acceptors (Lipinski definition) is 6. The van der Waals surface area contributed by atoms with Gasteiger partial charge in [0, 0.05) is 24.3 Å².